The van der Waals surface area contributed by atoms with Crippen molar-refractivity contribution >= 4 is 43.9 Å². The molecule has 0 N–H and O–H groups in total. The van der Waals surface area contributed by atoms with Gasteiger partial charge in [-0.15, -0.1) is 0 Å². The van der Waals surface area contributed by atoms with E-state index in [1.54, 1.807) is 6.20 Å². The minimum atomic E-state index is 0.494. The number of para-hydroxylation sites is 2. The van der Waals surface area contributed by atoms with Crippen LogP contribution in [0.25, 0.3) is 55.2 Å². The molecule has 0 bridgehead atoms. The van der Waals surface area contributed by atoms with Crippen LogP contribution < -0.4 is 4.74 Å². The van der Waals surface area contributed by atoms with Crippen molar-refractivity contribution in [3.63, 3.8) is 0 Å². The third-order valence-corrected chi connectivity index (χ3v) is 7.12. The van der Waals surface area contributed by atoms with Crippen LogP contribution in [-0.2, 0) is 0 Å². The van der Waals surface area contributed by atoms with Gasteiger partial charge in [0.25, 0.3) is 0 Å². The smallest absolute Gasteiger partial charge is 0.223 e. The highest BCUT2D eigenvalue weighted by atomic mass is 16.5. The first kappa shape index (κ1) is 21.6. The molecule has 39 heavy (non-hydrogen) atoms. The number of hydrogen-bond acceptors (Lipinski definition) is 4. The van der Waals surface area contributed by atoms with E-state index in [2.05, 4.69) is 99.0 Å². The van der Waals surface area contributed by atoms with Gasteiger partial charge in [0.15, 0.2) is 0 Å². The summed E-state index contributed by atoms with van der Waals surface area (Å²) in [6.07, 6.45) is 3.56. The summed E-state index contributed by atoms with van der Waals surface area (Å²) in [5, 5.41) is 4.51. The van der Waals surface area contributed by atoms with E-state index < -0.39 is 0 Å². The summed E-state index contributed by atoms with van der Waals surface area (Å²) in [6, 6.07) is 39.0. The average Bonchev–Trinajstić information content (AvgIpc) is 3.50. The van der Waals surface area contributed by atoms with E-state index in [-0.39, 0.29) is 0 Å². The van der Waals surface area contributed by atoms with Crippen molar-refractivity contribution in [3.8, 4) is 23.1 Å². The van der Waals surface area contributed by atoms with Crippen LogP contribution in [0.5, 0.6) is 11.8 Å². The van der Waals surface area contributed by atoms with Gasteiger partial charge in [-0.2, -0.15) is 4.98 Å². The fourth-order valence-corrected chi connectivity index (χ4v) is 5.48. The quantitative estimate of drug-likeness (QED) is 0.245. The molecule has 5 heterocycles. The van der Waals surface area contributed by atoms with Gasteiger partial charge in [-0.05, 0) is 54.6 Å². The average molecular weight is 504 g/mol. The Morgan fingerprint density at radius 1 is 0.462 bits per heavy atom. The van der Waals surface area contributed by atoms with E-state index in [9.17, 15) is 0 Å². The maximum atomic E-state index is 6.00. The van der Waals surface area contributed by atoms with Crippen LogP contribution in [0.3, 0.4) is 0 Å². The number of fused-ring (bicyclic) bond motifs is 6. The molecule has 6 nitrogen and oxygen atoms in total. The molecule has 8 rings (SSSR count). The van der Waals surface area contributed by atoms with Gasteiger partial charge in [0.2, 0.25) is 11.8 Å². The summed E-state index contributed by atoms with van der Waals surface area (Å²) in [5.41, 5.74) is 5.99. The molecule has 0 aliphatic rings. The number of hydrogen-bond donors (Lipinski definition) is 0. The summed E-state index contributed by atoms with van der Waals surface area (Å²) >= 11 is 0. The summed E-state index contributed by atoms with van der Waals surface area (Å²) in [6.45, 7) is 0. The van der Waals surface area contributed by atoms with Crippen molar-refractivity contribution in [1.82, 2.24) is 24.1 Å². The Morgan fingerprint density at radius 2 is 1.10 bits per heavy atom. The molecule has 0 aliphatic carbocycles. The molecule has 0 amide bonds. The highest BCUT2D eigenvalue weighted by molar-refractivity contribution is 6.09. The van der Waals surface area contributed by atoms with Crippen LogP contribution in [0.4, 0.5) is 0 Å². The largest absolute Gasteiger partial charge is 0.421 e. The van der Waals surface area contributed by atoms with Gasteiger partial charge in [-0.1, -0.05) is 48.5 Å². The second-order valence-corrected chi connectivity index (χ2v) is 9.39. The Kier molecular flexibility index (Phi) is 4.72. The summed E-state index contributed by atoms with van der Waals surface area (Å²) in [5.74, 6) is 1.00. The predicted octanol–water partition coefficient (Wildman–Crippen LogP) is 7.86. The fraction of sp³-hybridized carbons (Fsp3) is 0. The second-order valence-electron chi connectivity index (χ2n) is 9.39. The van der Waals surface area contributed by atoms with Crippen LogP contribution in [-0.4, -0.2) is 24.1 Å². The first-order chi connectivity index (χ1) is 19.3. The van der Waals surface area contributed by atoms with Crippen molar-refractivity contribution < 1.29 is 4.74 Å². The van der Waals surface area contributed by atoms with Crippen LogP contribution in [0.15, 0.2) is 128 Å². The highest BCUT2D eigenvalue weighted by Gasteiger charge is 2.17. The Bertz CT molecular complexity index is 2110. The molecule has 5 aromatic heterocycles. The molecule has 0 unspecified atom stereocenters. The van der Waals surface area contributed by atoms with E-state index in [1.165, 1.54) is 5.39 Å². The molecular formula is C33H21N5O. The first-order valence-corrected chi connectivity index (χ1v) is 12.8. The van der Waals surface area contributed by atoms with Crippen molar-refractivity contribution in [2.75, 3.05) is 0 Å². The van der Waals surface area contributed by atoms with Crippen molar-refractivity contribution in [2.24, 2.45) is 0 Å². The van der Waals surface area contributed by atoms with E-state index in [4.69, 9.17) is 14.7 Å². The lowest BCUT2D eigenvalue weighted by Gasteiger charge is -2.12. The van der Waals surface area contributed by atoms with Gasteiger partial charge in [0, 0.05) is 57.4 Å². The van der Waals surface area contributed by atoms with Crippen LogP contribution >= 0.6 is 0 Å². The maximum absolute atomic E-state index is 6.00. The molecule has 6 heteroatoms. The number of benzene rings is 3. The molecule has 0 fully saturated rings. The van der Waals surface area contributed by atoms with Gasteiger partial charge < -0.3 is 4.74 Å². The SMILES string of the molecule is c1ccc(Oc2ccc3c4ccccc4n(-c4cccc(-n5c6ccccc6c6cccnc65)c4)c3n2)nc1. The molecule has 0 spiro atoms. The minimum Gasteiger partial charge on any atom is -0.421 e. The first-order valence-electron chi connectivity index (χ1n) is 12.8. The molecule has 0 aliphatic heterocycles. The van der Waals surface area contributed by atoms with Gasteiger partial charge in [-0.3, -0.25) is 9.13 Å². The van der Waals surface area contributed by atoms with E-state index in [0.717, 1.165) is 49.9 Å². The standard InChI is InChI=1S/C33H21N5O/c1-3-14-28-24(11-1)26-13-8-20-35-32(26)37(28)22-9-7-10-23(21-22)38-29-15-4-2-12-25(29)27-17-18-31(36-33(27)38)39-30-16-5-6-19-34-30/h1-21H. The molecule has 3 aromatic carbocycles. The van der Waals surface area contributed by atoms with Crippen molar-refractivity contribution in [2.45, 2.75) is 0 Å². The fourth-order valence-electron chi connectivity index (χ4n) is 5.48. The van der Waals surface area contributed by atoms with E-state index in [0.29, 0.717) is 11.8 Å². The number of nitrogens with zero attached hydrogens (tertiary/aromatic N) is 5. The van der Waals surface area contributed by atoms with Gasteiger partial charge >= 0.3 is 0 Å². The monoisotopic (exact) mass is 503 g/mol. The lowest BCUT2D eigenvalue weighted by molar-refractivity contribution is 0.446. The lowest BCUT2D eigenvalue weighted by atomic mass is 10.2. The van der Waals surface area contributed by atoms with Gasteiger partial charge in [0.1, 0.15) is 11.3 Å². The molecule has 184 valence electrons. The van der Waals surface area contributed by atoms with Crippen LogP contribution in [0.1, 0.15) is 0 Å². The normalized spacial score (nSPS) is 11.6. The molecule has 0 saturated carbocycles. The number of pyridine rings is 3. The summed E-state index contributed by atoms with van der Waals surface area (Å²) < 4.78 is 10.4. The molecule has 0 radical (unpaired) electrons. The predicted molar refractivity (Wildman–Crippen MR) is 155 cm³/mol. The number of ether oxygens (including phenoxy) is 1. The minimum absolute atomic E-state index is 0.494. The van der Waals surface area contributed by atoms with Crippen molar-refractivity contribution in [1.29, 1.82) is 0 Å². The number of aromatic nitrogens is 5. The molecule has 0 atom stereocenters. The topological polar surface area (TPSA) is 57.8 Å². The molecule has 8 aromatic rings. The Balaban J connectivity index is 1.36. The third-order valence-electron chi connectivity index (χ3n) is 7.12. The molecule has 0 saturated heterocycles. The molecular weight excluding hydrogens is 482 g/mol. The zero-order chi connectivity index (χ0) is 25.8. The zero-order valence-electron chi connectivity index (χ0n) is 20.8. The third kappa shape index (κ3) is 3.39. The Labute approximate surface area is 223 Å². The van der Waals surface area contributed by atoms with E-state index >= 15 is 0 Å². The van der Waals surface area contributed by atoms with Gasteiger partial charge in [-0.25, -0.2) is 9.97 Å². The van der Waals surface area contributed by atoms with Gasteiger partial charge in [0.05, 0.1) is 11.0 Å². The Hall–Kier alpha value is -5.49. The Morgan fingerprint density at radius 3 is 1.85 bits per heavy atom. The van der Waals surface area contributed by atoms with Crippen LogP contribution in [0, 0.1) is 0 Å². The van der Waals surface area contributed by atoms with Crippen molar-refractivity contribution in [3.05, 3.63) is 128 Å². The maximum Gasteiger partial charge on any atom is 0.223 e. The zero-order valence-corrected chi connectivity index (χ0v) is 20.8. The lowest BCUT2D eigenvalue weighted by Crippen LogP contribution is -2.00. The summed E-state index contributed by atoms with van der Waals surface area (Å²) in [4.78, 5) is 14.0. The second kappa shape index (κ2) is 8.53. The highest BCUT2D eigenvalue weighted by Crippen LogP contribution is 2.35. The van der Waals surface area contributed by atoms with Crippen LogP contribution in [0.2, 0.25) is 0 Å². The summed E-state index contributed by atoms with van der Waals surface area (Å²) in [7, 11) is 0. The van der Waals surface area contributed by atoms with E-state index in [1.807, 2.05) is 36.5 Å². The number of rotatable bonds is 4.